The van der Waals surface area contributed by atoms with Crippen LogP contribution >= 0.6 is 0 Å². The molecule has 0 saturated carbocycles. The Balaban J connectivity index is 1.06. The zero-order valence-corrected chi connectivity index (χ0v) is 31.9. The van der Waals surface area contributed by atoms with Crippen LogP contribution in [0, 0.1) is 35.5 Å². The van der Waals surface area contributed by atoms with E-state index in [-0.39, 0.29) is 18.2 Å². The van der Waals surface area contributed by atoms with Crippen molar-refractivity contribution in [1.82, 2.24) is 16.0 Å². The first-order valence-corrected chi connectivity index (χ1v) is 21.5. The number of benzene rings is 1. The minimum absolute atomic E-state index is 0.0359. The number of allylic oxidation sites excluding steroid dienone is 14. The van der Waals surface area contributed by atoms with Crippen LogP contribution in [0.3, 0.4) is 0 Å². The summed E-state index contributed by atoms with van der Waals surface area (Å²) in [5.74, 6) is 5.13. The summed E-state index contributed by atoms with van der Waals surface area (Å²) >= 11 is 0. The van der Waals surface area contributed by atoms with Gasteiger partial charge in [-0.2, -0.15) is 0 Å². The van der Waals surface area contributed by atoms with Crippen molar-refractivity contribution in [3.05, 3.63) is 154 Å². The van der Waals surface area contributed by atoms with Crippen molar-refractivity contribution in [2.24, 2.45) is 40.5 Å². The summed E-state index contributed by atoms with van der Waals surface area (Å²) in [5, 5.41) is 11.7. The maximum absolute atomic E-state index is 5.68. The third-order valence-corrected chi connectivity index (χ3v) is 14.3. The first kappa shape index (κ1) is 34.5. The number of amidine groups is 1. The molecule has 0 aromatic heterocycles. The lowest BCUT2D eigenvalue weighted by Crippen LogP contribution is -2.59. The summed E-state index contributed by atoms with van der Waals surface area (Å²) in [5.41, 5.74) is 11.0. The number of rotatable bonds is 6. The van der Waals surface area contributed by atoms with Gasteiger partial charge < -0.3 is 10.6 Å². The SMILES string of the molecule is C1=CCC(C2NC(C3C=C(C4CC5=C(CCC=C5)C5CCC=CC45)C(c4cccc(C5C=CCNC5)c4)CC3)=NC(C3=C4C=CCCC4CC=C3)N2)C=C1. The zero-order valence-electron chi connectivity index (χ0n) is 31.9. The molecule has 10 atom stereocenters. The normalized spacial score (nSPS) is 37.0. The molecule has 0 radical (unpaired) electrons. The molecule has 10 unspecified atom stereocenters. The molecule has 0 fully saturated rings. The van der Waals surface area contributed by atoms with Gasteiger partial charge in [0.2, 0.25) is 0 Å². The molecule has 0 saturated heterocycles. The van der Waals surface area contributed by atoms with E-state index in [1.165, 1.54) is 73.1 Å². The topological polar surface area (TPSA) is 48.5 Å². The maximum atomic E-state index is 5.68. The monoisotopic (exact) mass is 714 g/mol. The number of nitrogens with one attached hydrogen (secondary N) is 3. The Morgan fingerprint density at radius 2 is 1.65 bits per heavy atom. The summed E-state index contributed by atoms with van der Waals surface area (Å²) in [4.78, 5) is 5.68. The van der Waals surface area contributed by atoms with Crippen molar-refractivity contribution in [3.8, 4) is 0 Å². The van der Waals surface area contributed by atoms with Crippen LogP contribution in [0.25, 0.3) is 0 Å². The minimum atomic E-state index is -0.0359. The minimum Gasteiger partial charge on any atom is -0.357 e. The number of hydrogen-bond acceptors (Lipinski definition) is 4. The quantitative estimate of drug-likeness (QED) is 0.257. The highest BCUT2D eigenvalue weighted by molar-refractivity contribution is 5.88. The molecule has 278 valence electrons. The number of nitrogens with zero attached hydrogens (tertiary/aromatic N) is 1. The fraction of sp³-hybridized carbons (Fsp3) is 0.460. The van der Waals surface area contributed by atoms with Gasteiger partial charge in [-0.05, 0) is 122 Å². The van der Waals surface area contributed by atoms with Crippen molar-refractivity contribution in [1.29, 1.82) is 0 Å². The van der Waals surface area contributed by atoms with Gasteiger partial charge in [0.05, 0.1) is 6.17 Å². The van der Waals surface area contributed by atoms with E-state index in [1.807, 2.05) is 0 Å². The Kier molecular flexibility index (Phi) is 9.76. The molecule has 0 spiro atoms. The van der Waals surface area contributed by atoms with Gasteiger partial charge >= 0.3 is 0 Å². The molecule has 7 aliphatic carbocycles. The molecule has 54 heavy (non-hydrogen) atoms. The smallest absolute Gasteiger partial charge is 0.129 e. The van der Waals surface area contributed by atoms with Crippen LogP contribution in [0.1, 0.15) is 93.6 Å². The summed E-state index contributed by atoms with van der Waals surface area (Å²) in [6.45, 7) is 2.00. The molecule has 0 bridgehead atoms. The lowest BCUT2D eigenvalue weighted by molar-refractivity contribution is 0.272. The van der Waals surface area contributed by atoms with Crippen molar-refractivity contribution < 1.29 is 0 Å². The number of hydrogen-bond donors (Lipinski definition) is 3. The van der Waals surface area contributed by atoms with E-state index in [0.29, 0.717) is 41.4 Å². The molecular formula is C50H58N4. The molecule has 10 rings (SSSR count). The zero-order chi connectivity index (χ0) is 35.8. The van der Waals surface area contributed by atoms with Gasteiger partial charge in [-0.15, -0.1) is 0 Å². The van der Waals surface area contributed by atoms with Crippen LogP contribution in [0.5, 0.6) is 0 Å². The van der Waals surface area contributed by atoms with E-state index >= 15 is 0 Å². The summed E-state index contributed by atoms with van der Waals surface area (Å²) in [6.07, 6.45) is 49.5. The first-order valence-electron chi connectivity index (χ1n) is 21.5. The predicted molar refractivity (Wildman–Crippen MR) is 224 cm³/mol. The molecule has 9 aliphatic rings. The Morgan fingerprint density at radius 3 is 2.57 bits per heavy atom. The molecular weight excluding hydrogens is 657 g/mol. The fourth-order valence-electron chi connectivity index (χ4n) is 11.6. The highest BCUT2D eigenvalue weighted by atomic mass is 15.3. The Bertz CT molecular complexity index is 1960. The van der Waals surface area contributed by atoms with E-state index in [4.69, 9.17) is 4.99 Å². The van der Waals surface area contributed by atoms with Crippen molar-refractivity contribution in [3.63, 3.8) is 0 Å². The highest BCUT2D eigenvalue weighted by Gasteiger charge is 2.43. The third-order valence-electron chi connectivity index (χ3n) is 14.3. The van der Waals surface area contributed by atoms with Crippen LogP contribution in [-0.2, 0) is 0 Å². The van der Waals surface area contributed by atoms with E-state index in [1.54, 1.807) is 16.7 Å². The highest BCUT2D eigenvalue weighted by Crippen LogP contribution is 2.54. The van der Waals surface area contributed by atoms with E-state index in [9.17, 15) is 0 Å². The van der Waals surface area contributed by atoms with Gasteiger partial charge in [-0.1, -0.05) is 127 Å². The molecule has 2 heterocycles. The van der Waals surface area contributed by atoms with E-state index in [0.717, 1.165) is 38.8 Å². The predicted octanol–water partition coefficient (Wildman–Crippen LogP) is 10.2. The first-order chi connectivity index (χ1) is 26.8. The summed E-state index contributed by atoms with van der Waals surface area (Å²) < 4.78 is 0. The lowest BCUT2D eigenvalue weighted by atomic mass is 9.59. The molecule has 0 amide bonds. The average molecular weight is 715 g/mol. The second-order valence-electron chi connectivity index (χ2n) is 17.4. The van der Waals surface area contributed by atoms with Crippen LogP contribution < -0.4 is 16.0 Å². The fourth-order valence-corrected chi connectivity index (χ4v) is 11.6. The third kappa shape index (κ3) is 6.68. The maximum Gasteiger partial charge on any atom is 0.129 e. The van der Waals surface area contributed by atoms with Crippen LogP contribution in [0.2, 0.25) is 0 Å². The van der Waals surface area contributed by atoms with Crippen LogP contribution in [-0.4, -0.2) is 31.3 Å². The lowest BCUT2D eigenvalue weighted by Gasteiger charge is -2.46. The van der Waals surface area contributed by atoms with E-state index < -0.39 is 0 Å². The van der Waals surface area contributed by atoms with Gasteiger partial charge in [-0.25, -0.2) is 4.99 Å². The van der Waals surface area contributed by atoms with Gasteiger partial charge in [0, 0.05) is 36.8 Å². The van der Waals surface area contributed by atoms with E-state index in [2.05, 4.69) is 131 Å². The summed E-state index contributed by atoms with van der Waals surface area (Å²) in [7, 11) is 0. The van der Waals surface area contributed by atoms with Crippen molar-refractivity contribution in [2.75, 3.05) is 13.1 Å². The second-order valence-corrected chi connectivity index (χ2v) is 17.4. The number of fused-ring (bicyclic) bond motifs is 3. The molecule has 3 N–H and O–H groups in total. The van der Waals surface area contributed by atoms with Crippen LogP contribution in [0.4, 0.5) is 0 Å². The van der Waals surface area contributed by atoms with Gasteiger partial charge in [0.1, 0.15) is 12.0 Å². The molecule has 4 heteroatoms. The van der Waals surface area contributed by atoms with Crippen molar-refractivity contribution >= 4 is 5.84 Å². The molecule has 1 aromatic carbocycles. The number of aliphatic imine (C=N–C) groups is 1. The second kappa shape index (κ2) is 15.3. The molecule has 1 aromatic rings. The Labute approximate surface area is 323 Å². The molecule has 4 nitrogen and oxygen atoms in total. The van der Waals surface area contributed by atoms with Gasteiger partial charge in [-0.3, -0.25) is 5.32 Å². The van der Waals surface area contributed by atoms with Crippen LogP contribution in [0.15, 0.2) is 148 Å². The van der Waals surface area contributed by atoms with Crippen molar-refractivity contribution in [2.45, 2.75) is 94.8 Å². The van der Waals surface area contributed by atoms with Gasteiger partial charge in [0.25, 0.3) is 0 Å². The average Bonchev–Trinajstić information content (AvgIpc) is 3.26. The van der Waals surface area contributed by atoms with Gasteiger partial charge in [0.15, 0.2) is 0 Å². The Morgan fingerprint density at radius 1 is 0.722 bits per heavy atom. The summed E-state index contributed by atoms with van der Waals surface area (Å²) in [6, 6.07) is 9.70. The molecule has 2 aliphatic heterocycles. The standard InChI is InChI=1S/C50H58N4/c1-2-14-34(15-3-1)48-52-49(54-50(53-48)45-25-11-17-33-13-4-6-21-40(33)45)38-26-27-42(36-19-10-18-35(29-36)39-20-12-28-51-32-39)46(31-38)47-30-37-16-5-7-22-41(37)43-23-8-9-24-44(43)47/h1-3,5-6,9-12,14,16,18-21,24-25,29,31,33-34,38-39,42-44,47-48,50-51,53H,4,7-8,13,15,17,22-23,26-28,30,32H2,(H,52,54). The largest absolute Gasteiger partial charge is 0.357 e. The Hall–Kier alpha value is -3.99.